The number of amides is 1. The van der Waals surface area contributed by atoms with Crippen LogP contribution in [-0.4, -0.2) is 42.8 Å². The lowest BCUT2D eigenvalue weighted by Gasteiger charge is -2.35. The number of imidazole rings is 1. The van der Waals surface area contributed by atoms with Crippen LogP contribution in [0.1, 0.15) is 40.2 Å². The summed E-state index contributed by atoms with van der Waals surface area (Å²) in [5.74, 6) is 0. The van der Waals surface area contributed by atoms with Gasteiger partial charge in [-0.3, -0.25) is 10.4 Å². The van der Waals surface area contributed by atoms with Gasteiger partial charge in [0.2, 0.25) is 0 Å². The van der Waals surface area contributed by atoms with Crippen molar-refractivity contribution in [2.45, 2.75) is 45.7 Å². The fraction of sp³-hybridized carbons (Fsp3) is 0.471. The number of pyridine rings is 1. The minimum absolute atomic E-state index is 0.198. The van der Waals surface area contributed by atoms with Crippen LogP contribution in [0, 0.1) is 0 Å². The lowest BCUT2D eigenvalue weighted by atomic mass is 10.1. The fourth-order valence-electron chi connectivity index (χ4n) is 2.38. The van der Waals surface area contributed by atoms with Gasteiger partial charge in [-0.2, -0.15) is 0 Å². The molecule has 0 radical (unpaired) electrons. The number of hydrogen-bond donors (Lipinski definition) is 2. The highest BCUT2D eigenvalue weighted by atomic mass is 16.4. The molecule has 2 aromatic rings. The van der Waals surface area contributed by atoms with Crippen molar-refractivity contribution < 1.29 is 9.90 Å². The normalized spacial score (nSPS) is 13.0. The Morgan fingerprint density at radius 3 is 2.79 bits per heavy atom. The summed E-state index contributed by atoms with van der Waals surface area (Å²) in [5, 5.41) is 10.7. The van der Waals surface area contributed by atoms with Gasteiger partial charge in [0.15, 0.2) is 0 Å². The predicted molar refractivity (Wildman–Crippen MR) is 92.4 cm³/mol. The first-order chi connectivity index (χ1) is 11.3. The highest BCUT2D eigenvalue weighted by molar-refractivity contribution is 5.63. The average Bonchev–Trinajstić information content (AvgIpc) is 3.00. The largest absolute Gasteiger partial charge is 0.464 e. The smallest absolute Gasteiger partial charge is 0.419 e. The summed E-state index contributed by atoms with van der Waals surface area (Å²) in [5.41, 5.74) is 4.05. The van der Waals surface area contributed by atoms with Crippen LogP contribution in [0.2, 0.25) is 0 Å². The van der Waals surface area contributed by atoms with E-state index < -0.39 is 6.09 Å². The summed E-state index contributed by atoms with van der Waals surface area (Å²) < 4.78 is 2.05. The number of rotatable bonds is 6. The van der Waals surface area contributed by atoms with E-state index in [9.17, 15) is 4.79 Å². The second-order valence-corrected chi connectivity index (χ2v) is 6.82. The Hall–Kier alpha value is -2.41. The zero-order chi connectivity index (χ0) is 17.7. The molecule has 1 amide bonds. The van der Waals surface area contributed by atoms with Gasteiger partial charge in [-0.05, 0) is 46.2 Å². The molecule has 0 saturated carbocycles. The van der Waals surface area contributed by atoms with Gasteiger partial charge in [0, 0.05) is 42.3 Å². The Labute approximate surface area is 142 Å². The van der Waals surface area contributed by atoms with Crippen LogP contribution in [0.25, 0.3) is 11.3 Å². The fourth-order valence-corrected chi connectivity index (χ4v) is 2.38. The van der Waals surface area contributed by atoms with Crippen LogP contribution >= 0.6 is 0 Å². The maximum atomic E-state index is 11.0. The van der Waals surface area contributed by atoms with Crippen molar-refractivity contribution >= 4 is 6.09 Å². The van der Waals surface area contributed by atoms with Crippen molar-refractivity contribution in [3.05, 3.63) is 37.1 Å². The average molecular weight is 331 g/mol. The first kappa shape index (κ1) is 17.9. The molecule has 1 atom stereocenters. The van der Waals surface area contributed by atoms with Crippen LogP contribution in [0.5, 0.6) is 0 Å². The highest BCUT2D eigenvalue weighted by Gasteiger charge is 2.23. The van der Waals surface area contributed by atoms with Crippen LogP contribution in [0.4, 0.5) is 4.79 Å². The van der Waals surface area contributed by atoms with E-state index in [2.05, 4.69) is 22.3 Å². The number of nitrogens with one attached hydrogen (secondary N) is 1. The molecule has 0 aliphatic carbocycles. The molecule has 0 fully saturated rings. The van der Waals surface area contributed by atoms with Crippen molar-refractivity contribution in [2.75, 3.05) is 6.54 Å². The van der Waals surface area contributed by atoms with E-state index in [1.165, 1.54) is 0 Å². The SMILES string of the molecule is C[C@H](CCN(NC(=O)O)C(C)(C)C)n1cnc(-c2cccnc2)c1. The molecule has 2 heterocycles. The maximum absolute atomic E-state index is 11.0. The maximum Gasteiger partial charge on any atom is 0.419 e. The summed E-state index contributed by atoms with van der Waals surface area (Å²) in [6, 6.07) is 4.06. The van der Waals surface area contributed by atoms with Gasteiger partial charge in [-0.25, -0.2) is 14.8 Å². The van der Waals surface area contributed by atoms with Gasteiger partial charge in [0.05, 0.1) is 12.0 Å². The summed E-state index contributed by atoms with van der Waals surface area (Å²) in [6.07, 6.45) is 7.07. The van der Waals surface area contributed by atoms with E-state index in [4.69, 9.17) is 5.11 Å². The van der Waals surface area contributed by atoms with Gasteiger partial charge in [0.25, 0.3) is 0 Å². The van der Waals surface area contributed by atoms with E-state index in [-0.39, 0.29) is 11.6 Å². The van der Waals surface area contributed by atoms with Crippen LogP contribution in [0.3, 0.4) is 0 Å². The molecule has 2 N–H and O–H groups in total. The Bertz CT molecular complexity index is 663. The highest BCUT2D eigenvalue weighted by Crippen LogP contribution is 2.20. The van der Waals surface area contributed by atoms with Crippen LogP contribution in [0.15, 0.2) is 37.1 Å². The van der Waals surface area contributed by atoms with Crippen molar-refractivity contribution in [3.63, 3.8) is 0 Å². The monoisotopic (exact) mass is 331 g/mol. The molecule has 0 bridgehead atoms. The first-order valence-corrected chi connectivity index (χ1v) is 7.98. The molecular weight excluding hydrogens is 306 g/mol. The second-order valence-electron chi connectivity index (χ2n) is 6.82. The van der Waals surface area contributed by atoms with Crippen molar-refractivity contribution in [3.8, 4) is 11.3 Å². The third-order valence-electron chi connectivity index (χ3n) is 3.88. The van der Waals surface area contributed by atoms with E-state index >= 15 is 0 Å². The summed E-state index contributed by atoms with van der Waals surface area (Å²) in [7, 11) is 0. The molecular formula is C17H25N5O2. The summed E-state index contributed by atoms with van der Waals surface area (Å²) >= 11 is 0. The molecule has 2 rings (SSSR count). The van der Waals surface area contributed by atoms with E-state index in [1.54, 1.807) is 23.7 Å². The molecule has 0 aromatic carbocycles. The molecule has 130 valence electrons. The molecule has 7 nitrogen and oxygen atoms in total. The zero-order valence-corrected chi connectivity index (χ0v) is 14.6. The Kier molecular flexibility index (Phi) is 5.56. The third kappa shape index (κ3) is 4.79. The number of aromatic nitrogens is 3. The van der Waals surface area contributed by atoms with Crippen molar-refractivity contribution in [2.24, 2.45) is 0 Å². The lowest BCUT2D eigenvalue weighted by Crippen LogP contribution is -2.53. The standard InChI is InChI=1S/C17H25N5O2/c1-13(7-9-22(17(2,3)4)20-16(23)24)21-11-15(19-12-21)14-6-5-8-18-10-14/h5-6,8,10-13,20H,7,9H2,1-4H3,(H,23,24)/t13-/m1/s1. The van der Waals surface area contributed by atoms with Gasteiger partial charge in [0.1, 0.15) is 0 Å². The molecule has 0 aliphatic rings. The van der Waals surface area contributed by atoms with Gasteiger partial charge >= 0.3 is 6.09 Å². The van der Waals surface area contributed by atoms with E-state index in [0.29, 0.717) is 6.54 Å². The Morgan fingerprint density at radius 1 is 1.46 bits per heavy atom. The first-order valence-electron chi connectivity index (χ1n) is 7.98. The van der Waals surface area contributed by atoms with Gasteiger partial charge < -0.3 is 9.67 Å². The van der Waals surface area contributed by atoms with Crippen molar-refractivity contribution in [1.82, 2.24) is 25.0 Å². The summed E-state index contributed by atoms with van der Waals surface area (Å²) in [4.78, 5) is 19.5. The van der Waals surface area contributed by atoms with Gasteiger partial charge in [-0.1, -0.05) is 0 Å². The molecule has 24 heavy (non-hydrogen) atoms. The number of carbonyl (C=O) groups is 1. The van der Waals surface area contributed by atoms with Crippen LogP contribution < -0.4 is 5.43 Å². The number of hydrogen-bond acceptors (Lipinski definition) is 4. The van der Waals surface area contributed by atoms with Crippen molar-refractivity contribution in [1.29, 1.82) is 0 Å². The van der Waals surface area contributed by atoms with E-state index in [1.807, 2.05) is 43.7 Å². The molecule has 0 spiro atoms. The molecule has 7 heteroatoms. The molecule has 2 aromatic heterocycles. The molecule has 0 saturated heterocycles. The quantitative estimate of drug-likeness (QED) is 0.794. The Balaban J connectivity index is 2.00. The Morgan fingerprint density at radius 2 is 2.21 bits per heavy atom. The number of hydrazine groups is 1. The molecule has 0 unspecified atom stereocenters. The topological polar surface area (TPSA) is 83.3 Å². The second kappa shape index (κ2) is 7.44. The minimum Gasteiger partial charge on any atom is -0.464 e. The third-order valence-corrected chi connectivity index (χ3v) is 3.88. The minimum atomic E-state index is -1.04. The summed E-state index contributed by atoms with van der Waals surface area (Å²) in [6.45, 7) is 8.63. The zero-order valence-electron chi connectivity index (χ0n) is 14.6. The number of carboxylic acid groups (broad SMARTS) is 1. The number of nitrogens with zero attached hydrogens (tertiary/aromatic N) is 4. The van der Waals surface area contributed by atoms with E-state index in [0.717, 1.165) is 17.7 Å². The van der Waals surface area contributed by atoms with Crippen LogP contribution in [-0.2, 0) is 0 Å². The lowest BCUT2D eigenvalue weighted by molar-refractivity contribution is 0.0636. The molecule has 0 aliphatic heterocycles. The van der Waals surface area contributed by atoms with Gasteiger partial charge in [-0.15, -0.1) is 0 Å². The predicted octanol–water partition coefficient (Wildman–Crippen LogP) is 3.18.